The van der Waals surface area contributed by atoms with Crippen LogP contribution in [0.25, 0.3) is 0 Å². The van der Waals surface area contributed by atoms with Crippen LogP contribution in [0.4, 0.5) is 10.5 Å². The molecule has 0 heterocycles. The maximum Gasteiger partial charge on any atom is 0.319 e. The van der Waals surface area contributed by atoms with E-state index in [1.54, 1.807) is 11.8 Å². The normalized spacial score (nSPS) is 13.7. The Morgan fingerprint density at radius 3 is 2.70 bits per heavy atom. The molecule has 2 amide bonds. The van der Waals surface area contributed by atoms with Crippen molar-refractivity contribution in [3.05, 3.63) is 29.3 Å². The summed E-state index contributed by atoms with van der Waals surface area (Å²) in [6.45, 7) is 6.00. The van der Waals surface area contributed by atoms with Crippen LogP contribution in [0.2, 0.25) is 0 Å². The minimum absolute atomic E-state index is 0.00302. The van der Waals surface area contributed by atoms with Crippen LogP contribution < -0.4 is 10.6 Å². The van der Waals surface area contributed by atoms with E-state index >= 15 is 0 Å². The number of aryl methyl sites for hydroxylation is 2. The van der Waals surface area contributed by atoms with Gasteiger partial charge in [-0.1, -0.05) is 25.1 Å². The Morgan fingerprint density at radius 1 is 1.45 bits per heavy atom. The van der Waals surface area contributed by atoms with Crippen molar-refractivity contribution in [3.63, 3.8) is 0 Å². The summed E-state index contributed by atoms with van der Waals surface area (Å²) in [6.07, 6.45) is 2.80. The van der Waals surface area contributed by atoms with Gasteiger partial charge in [0.1, 0.15) is 0 Å². The maximum atomic E-state index is 12.1. The van der Waals surface area contributed by atoms with E-state index in [1.165, 1.54) is 0 Å². The van der Waals surface area contributed by atoms with Gasteiger partial charge in [-0.15, -0.1) is 0 Å². The molecular formula is C15H24N2O2S. The Balaban J connectivity index is 2.72. The summed E-state index contributed by atoms with van der Waals surface area (Å²) in [6, 6.07) is 5.68. The number of benzene rings is 1. The number of para-hydroxylation sites is 1. The second kappa shape index (κ2) is 8.17. The molecule has 112 valence electrons. The topological polar surface area (TPSA) is 61.4 Å². The molecule has 0 aliphatic rings. The third kappa shape index (κ3) is 4.42. The van der Waals surface area contributed by atoms with Crippen LogP contribution in [0, 0.1) is 6.92 Å². The highest BCUT2D eigenvalue weighted by Gasteiger charge is 2.18. The van der Waals surface area contributed by atoms with Crippen LogP contribution in [0.15, 0.2) is 18.2 Å². The minimum Gasteiger partial charge on any atom is -0.395 e. The first-order chi connectivity index (χ1) is 9.53. The number of aliphatic hydroxyl groups is 1. The van der Waals surface area contributed by atoms with Gasteiger partial charge < -0.3 is 15.7 Å². The molecule has 0 bridgehead atoms. The van der Waals surface area contributed by atoms with E-state index in [4.69, 9.17) is 0 Å². The largest absolute Gasteiger partial charge is 0.395 e. The standard InChI is InChI=1S/C15H24N2O2S/c1-5-12-8-6-7-10(2)14(12)17-15(19)16-11(3)13(9-18)20-4/h6-8,11,13,18H,5,9H2,1-4H3,(H2,16,17,19). The molecule has 0 spiro atoms. The monoisotopic (exact) mass is 296 g/mol. The highest BCUT2D eigenvalue weighted by Crippen LogP contribution is 2.21. The fraction of sp³-hybridized carbons (Fsp3) is 0.533. The van der Waals surface area contributed by atoms with Crippen molar-refractivity contribution in [2.45, 2.75) is 38.5 Å². The average molecular weight is 296 g/mol. The zero-order chi connectivity index (χ0) is 15.1. The van der Waals surface area contributed by atoms with E-state index in [-0.39, 0.29) is 23.9 Å². The summed E-state index contributed by atoms with van der Waals surface area (Å²) in [5.41, 5.74) is 3.05. The fourth-order valence-corrected chi connectivity index (χ4v) is 2.71. The molecule has 0 aromatic heterocycles. The minimum atomic E-state index is -0.228. The number of amides is 2. The van der Waals surface area contributed by atoms with E-state index in [0.29, 0.717) is 0 Å². The van der Waals surface area contributed by atoms with Crippen LogP contribution in [-0.2, 0) is 6.42 Å². The number of carbonyl (C=O) groups excluding carboxylic acids is 1. The van der Waals surface area contributed by atoms with E-state index in [9.17, 15) is 9.90 Å². The molecule has 0 aliphatic carbocycles. The van der Waals surface area contributed by atoms with Crippen molar-refractivity contribution in [3.8, 4) is 0 Å². The third-order valence-corrected chi connectivity index (χ3v) is 4.54. The molecule has 0 saturated carbocycles. The van der Waals surface area contributed by atoms with E-state index in [0.717, 1.165) is 23.2 Å². The molecule has 3 N–H and O–H groups in total. The first kappa shape index (κ1) is 16.9. The molecule has 4 nitrogen and oxygen atoms in total. The van der Waals surface area contributed by atoms with Gasteiger partial charge in [0.25, 0.3) is 0 Å². The SMILES string of the molecule is CCc1cccc(C)c1NC(=O)NC(C)C(CO)SC. The summed E-state index contributed by atoms with van der Waals surface area (Å²) >= 11 is 1.54. The van der Waals surface area contributed by atoms with E-state index < -0.39 is 0 Å². The van der Waals surface area contributed by atoms with Gasteiger partial charge in [-0.25, -0.2) is 4.79 Å². The Kier molecular flexibility index (Phi) is 6.88. The quantitative estimate of drug-likeness (QED) is 0.756. The van der Waals surface area contributed by atoms with Gasteiger partial charge in [0.15, 0.2) is 0 Å². The van der Waals surface area contributed by atoms with Crippen LogP contribution >= 0.6 is 11.8 Å². The van der Waals surface area contributed by atoms with Crippen molar-refractivity contribution in [2.75, 3.05) is 18.2 Å². The van der Waals surface area contributed by atoms with Crippen LogP contribution in [0.3, 0.4) is 0 Å². The summed E-state index contributed by atoms with van der Waals surface area (Å²) in [7, 11) is 0. The average Bonchev–Trinajstić information content (AvgIpc) is 2.42. The Hall–Kier alpha value is -1.20. The van der Waals surface area contributed by atoms with Gasteiger partial charge in [-0.2, -0.15) is 11.8 Å². The smallest absolute Gasteiger partial charge is 0.319 e. The van der Waals surface area contributed by atoms with E-state index in [1.807, 2.05) is 38.3 Å². The second-order valence-corrected chi connectivity index (χ2v) is 5.88. The lowest BCUT2D eigenvalue weighted by Gasteiger charge is -2.22. The molecule has 20 heavy (non-hydrogen) atoms. The van der Waals surface area contributed by atoms with Gasteiger partial charge in [0.2, 0.25) is 0 Å². The van der Waals surface area contributed by atoms with Crippen molar-refractivity contribution in [2.24, 2.45) is 0 Å². The Morgan fingerprint density at radius 2 is 2.15 bits per heavy atom. The molecule has 0 aliphatic heterocycles. The van der Waals surface area contributed by atoms with Crippen LogP contribution in [0.1, 0.15) is 25.0 Å². The number of hydrogen-bond acceptors (Lipinski definition) is 3. The molecule has 0 radical (unpaired) electrons. The van der Waals surface area contributed by atoms with Crippen molar-refractivity contribution in [1.29, 1.82) is 0 Å². The van der Waals surface area contributed by atoms with E-state index in [2.05, 4.69) is 17.6 Å². The molecule has 2 unspecified atom stereocenters. The lowest BCUT2D eigenvalue weighted by atomic mass is 10.1. The molecule has 0 fully saturated rings. The molecule has 1 rings (SSSR count). The number of nitrogens with one attached hydrogen (secondary N) is 2. The summed E-state index contributed by atoms with van der Waals surface area (Å²) in [5.74, 6) is 0. The lowest BCUT2D eigenvalue weighted by Crippen LogP contribution is -2.43. The first-order valence-electron chi connectivity index (χ1n) is 6.83. The number of urea groups is 1. The summed E-state index contributed by atoms with van der Waals surface area (Å²) in [4.78, 5) is 12.1. The number of hydrogen-bond donors (Lipinski definition) is 3. The third-order valence-electron chi connectivity index (χ3n) is 3.38. The maximum absolute atomic E-state index is 12.1. The van der Waals surface area contributed by atoms with Gasteiger partial charge >= 0.3 is 6.03 Å². The van der Waals surface area contributed by atoms with Crippen molar-refractivity contribution >= 4 is 23.5 Å². The zero-order valence-corrected chi connectivity index (χ0v) is 13.4. The summed E-state index contributed by atoms with van der Waals surface area (Å²) in [5, 5.41) is 15.0. The molecular weight excluding hydrogens is 272 g/mol. The second-order valence-electron chi connectivity index (χ2n) is 4.81. The van der Waals surface area contributed by atoms with Crippen molar-refractivity contribution < 1.29 is 9.90 Å². The predicted octanol–water partition coefficient (Wildman–Crippen LogP) is 2.79. The molecule has 2 atom stereocenters. The molecule has 1 aromatic rings. The highest BCUT2D eigenvalue weighted by atomic mass is 32.2. The van der Waals surface area contributed by atoms with Crippen molar-refractivity contribution in [1.82, 2.24) is 5.32 Å². The molecule has 1 aromatic carbocycles. The highest BCUT2D eigenvalue weighted by molar-refractivity contribution is 7.99. The number of rotatable bonds is 6. The molecule has 5 heteroatoms. The summed E-state index contributed by atoms with van der Waals surface area (Å²) < 4.78 is 0. The Bertz CT molecular complexity index is 447. The van der Waals surface area contributed by atoms with Gasteiger partial charge in [-0.3, -0.25) is 0 Å². The fourth-order valence-electron chi connectivity index (χ4n) is 2.09. The Labute approximate surface area is 125 Å². The lowest BCUT2D eigenvalue weighted by molar-refractivity contribution is 0.243. The van der Waals surface area contributed by atoms with Crippen LogP contribution in [-0.4, -0.2) is 35.3 Å². The number of thioether (sulfide) groups is 1. The number of anilines is 1. The van der Waals surface area contributed by atoms with Gasteiger partial charge in [-0.05, 0) is 37.7 Å². The predicted molar refractivity (Wildman–Crippen MR) is 86.6 cm³/mol. The molecule has 0 saturated heterocycles. The van der Waals surface area contributed by atoms with Crippen LogP contribution in [0.5, 0.6) is 0 Å². The van der Waals surface area contributed by atoms with Gasteiger partial charge in [0.05, 0.1) is 6.61 Å². The number of carbonyl (C=O) groups is 1. The van der Waals surface area contributed by atoms with Gasteiger partial charge in [0, 0.05) is 17.0 Å². The first-order valence-corrected chi connectivity index (χ1v) is 8.11. The number of aliphatic hydroxyl groups excluding tert-OH is 1. The zero-order valence-electron chi connectivity index (χ0n) is 12.6.